The summed E-state index contributed by atoms with van der Waals surface area (Å²) in [6.45, 7) is 2.38. The average molecular weight is 277 g/mol. The van der Waals surface area contributed by atoms with Crippen molar-refractivity contribution in [2.45, 2.75) is 45.6 Å². The third-order valence-corrected chi connectivity index (χ3v) is 4.38. The molecule has 0 saturated heterocycles. The molecule has 0 aliphatic heterocycles. The molecular formula is C11H17BrOS. The van der Waals surface area contributed by atoms with Crippen molar-refractivity contribution in [1.29, 1.82) is 0 Å². The molecule has 14 heavy (non-hydrogen) atoms. The van der Waals surface area contributed by atoms with Crippen LogP contribution in [0.25, 0.3) is 0 Å². The molecule has 0 amide bonds. The van der Waals surface area contributed by atoms with Crippen LogP contribution < -0.4 is 0 Å². The van der Waals surface area contributed by atoms with Crippen molar-refractivity contribution in [3.05, 3.63) is 20.3 Å². The van der Waals surface area contributed by atoms with Crippen molar-refractivity contribution in [2.75, 3.05) is 0 Å². The lowest BCUT2D eigenvalue weighted by molar-refractivity contribution is 0.285. The van der Waals surface area contributed by atoms with E-state index in [0.717, 1.165) is 15.8 Å². The van der Waals surface area contributed by atoms with Gasteiger partial charge in [-0.25, -0.2) is 0 Å². The molecule has 0 unspecified atom stereocenters. The number of unbranched alkanes of at least 4 members (excludes halogenated alkanes) is 3. The number of aliphatic hydroxyl groups is 1. The highest BCUT2D eigenvalue weighted by Gasteiger charge is 2.05. The quantitative estimate of drug-likeness (QED) is 0.775. The van der Waals surface area contributed by atoms with Gasteiger partial charge in [0, 0.05) is 14.2 Å². The van der Waals surface area contributed by atoms with Gasteiger partial charge in [0.1, 0.15) is 0 Å². The molecular weight excluding hydrogens is 260 g/mol. The Kier molecular flexibility index (Phi) is 5.75. The highest BCUT2D eigenvalue weighted by Crippen LogP contribution is 2.28. The Morgan fingerprint density at radius 1 is 1.36 bits per heavy atom. The summed E-state index contributed by atoms with van der Waals surface area (Å²) < 4.78 is 1.07. The lowest BCUT2D eigenvalue weighted by Gasteiger charge is -1.96. The molecule has 0 bridgehead atoms. The number of thiophene rings is 1. The van der Waals surface area contributed by atoms with Crippen LogP contribution >= 0.6 is 27.3 Å². The van der Waals surface area contributed by atoms with Crippen molar-refractivity contribution < 1.29 is 5.11 Å². The third-order valence-electron chi connectivity index (χ3n) is 2.23. The zero-order valence-electron chi connectivity index (χ0n) is 8.55. The Labute approximate surface area is 98.3 Å². The van der Waals surface area contributed by atoms with Crippen LogP contribution in [0.4, 0.5) is 0 Å². The molecule has 0 saturated carbocycles. The van der Waals surface area contributed by atoms with Crippen LogP contribution in [-0.2, 0) is 13.0 Å². The van der Waals surface area contributed by atoms with Gasteiger partial charge in [-0.1, -0.05) is 26.2 Å². The first-order valence-electron chi connectivity index (χ1n) is 5.16. The first kappa shape index (κ1) is 12.2. The van der Waals surface area contributed by atoms with Gasteiger partial charge < -0.3 is 5.11 Å². The standard InChI is InChI=1S/C11H17BrOS/c1-2-3-4-5-6-9-7-10(12)11(8-13)14-9/h7,13H,2-6,8H2,1H3. The number of aliphatic hydroxyl groups excluding tert-OH is 1. The van der Waals surface area contributed by atoms with Gasteiger partial charge in [-0.15, -0.1) is 11.3 Å². The maximum Gasteiger partial charge on any atom is 0.0785 e. The largest absolute Gasteiger partial charge is 0.391 e. The number of hydrogen-bond donors (Lipinski definition) is 1. The van der Waals surface area contributed by atoms with Gasteiger partial charge >= 0.3 is 0 Å². The van der Waals surface area contributed by atoms with Crippen LogP contribution in [0, 0.1) is 0 Å². The molecule has 80 valence electrons. The predicted molar refractivity (Wildman–Crippen MR) is 65.8 cm³/mol. The minimum atomic E-state index is 0.153. The molecule has 0 radical (unpaired) electrons. The van der Waals surface area contributed by atoms with E-state index in [0.29, 0.717) is 0 Å². The monoisotopic (exact) mass is 276 g/mol. The molecule has 0 aromatic carbocycles. The van der Waals surface area contributed by atoms with E-state index >= 15 is 0 Å². The van der Waals surface area contributed by atoms with Crippen molar-refractivity contribution in [3.63, 3.8) is 0 Å². The Bertz CT molecular complexity index is 270. The van der Waals surface area contributed by atoms with Gasteiger partial charge in [0.05, 0.1) is 6.61 Å². The summed E-state index contributed by atoms with van der Waals surface area (Å²) in [5.41, 5.74) is 0. The topological polar surface area (TPSA) is 20.2 Å². The summed E-state index contributed by atoms with van der Waals surface area (Å²) in [4.78, 5) is 2.44. The van der Waals surface area contributed by atoms with Gasteiger partial charge in [0.2, 0.25) is 0 Å². The fraction of sp³-hybridized carbons (Fsp3) is 0.636. The fourth-order valence-electron chi connectivity index (χ4n) is 1.42. The molecule has 1 heterocycles. The maximum atomic E-state index is 9.02. The smallest absolute Gasteiger partial charge is 0.0785 e. The van der Waals surface area contributed by atoms with Gasteiger partial charge in [0.15, 0.2) is 0 Å². The van der Waals surface area contributed by atoms with Crippen molar-refractivity contribution in [1.82, 2.24) is 0 Å². The number of aryl methyl sites for hydroxylation is 1. The maximum absolute atomic E-state index is 9.02. The predicted octanol–water partition coefficient (Wildman–Crippen LogP) is 4.13. The van der Waals surface area contributed by atoms with E-state index in [2.05, 4.69) is 28.9 Å². The van der Waals surface area contributed by atoms with Crippen LogP contribution in [0.5, 0.6) is 0 Å². The highest BCUT2D eigenvalue weighted by molar-refractivity contribution is 9.10. The van der Waals surface area contributed by atoms with E-state index in [9.17, 15) is 0 Å². The summed E-state index contributed by atoms with van der Waals surface area (Å²) in [7, 11) is 0. The zero-order chi connectivity index (χ0) is 10.4. The second-order valence-electron chi connectivity index (χ2n) is 3.45. The Balaban J connectivity index is 2.35. The van der Waals surface area contributed by atoms with Crippen LogP contribution in [0.15, 0.2) is 10.5 Å². The fourth-order valence-corrected chi connectivity index (χ4v) is 3.17. The van der Waals surface area contributed by atoms with E-state index in [-0.39, 0.29) is 6.61 Å². The summed E-state index contributed by atoms with van der Waals surface area (Å²) in [6, 6.07) is 2.14. The number of rotatable bonds is 6. The molecule has 0 spiro atoms. The number of hydrogen-bond acceptors (Lipinski definition) is 2. The third kappa shape index (κ3) is 3.71. The van der Waals surface area contributed by atoms with E-state index in [1.807, 2.05) is 0 Å². The Morgan fingerprint density at radius 2 is 2.14 bits per heavy atom. The second-order valence-corrected chi connectivity index (χ2v) is 5.53. The van der Waals surface area contributed by atoms with Crippen LogP contribution in [0.1, 0.15) is 42.4 Å². The second kappa shape index (κ2) is 6.59. The first-order chi connectivity index (χ1) is 6.77. The Morgan fingerprint density at radius 3 is 2.71 bits per heavy atom. The first-order valence-corrected chi connectivity index (χ1v) is 6.76. The molecule has 1 N–H and O–H groups in total. The Hall–Kier alpha value is 0.140. The molecule has 0 aliphatic carbocycles. The van der Waals surface area contributed by atoms with Crippen molar-refractivity contribution in [3.8, 4) is 0 Å². The van der Waals surface area contributed by atoms with E-state index in [1.54, 1.807) is 11.3 Å². The van der Waals surface area contributed by atoms with Gasteiger partial charge in [-0.2, -0.15) is 0 Å². The molecule has 0 fully saturated rings. The molecule has 3 heteroatoms. The minimum absolute atomic E-state index is 0.153. The molecule has 1 aromatic rings. The van der Waals surface area contributed by atoms with Gasteiger partial charge in [0.25, 0.3) is 0 Å². The molecule has 0 aliphatic rings. The zero-order valence-corrected chi connectivity index (χ0v) is 11.0. The normalized spacial score (nSPS) is 10.8. The van der Waals surface area contributed by atoms with E-state index in [4.69, 9.17) is 5.11 Å². The molecule has 0 atom stereocenters. The van der Waals surface area contributed by atoms with Crippen LogP contribution in [0.2, 0.25) is 0 Å². The summed E-state index contributed by atoms with van der Waals surface area (Å²) in [5.74, 6) is 0. The summed E-state index contributed by atoms with van der Waals surface area (Å²) in [5, 5.41) is 9.02. The van der Waals surface area contributed by atoms with Gasteiger partial charge in [-0.05, 0) is 34.8 Å². The average Bonchev–Trinajstić information content (AvgIpc) is 2.54. The molecule has 1 aromatic heterocycles. The summed E-state index contributed by atoms with van der Waals surface area (Å²) in [6.07, 6.45) is 6.37. The van der Waals surface area contributed by atoms with Crippen LogP contribution in [0.3, 0.4) is 0 Å². The van der Waals surface area contributed by atoms with Crippen LogP contribution in [-0.4, -0.2) is 5.11 Å². The van der Waals surface area contributed by atoms with E-state index in [1.165, 1.54) is 30.6 Å². The van der Waals surface area contributed by atoms with Gasteiger partial charge in [-0.3, -0.25) is 0 Å². The highest BCUT2D eigenvalue weighted by atomic mass is 79.9. The SMILES string of the molecule is CCCCCCc1cc(Br)c(CO)s1. The molecule has 1 nitrogen and oxygen atoms in total. The van der Waals surface area contributed by atoms with Crippen molar-refractivity contribution >= 4 is 27.3 Å². The van der Waals surface area contributed by atoms with E-state index < -0.39 is 0 Å². The van der Waals surface area contributed by atoms with Crippen molar-refractivity contribution in [2.24, 2.45) is 0 Å². The lowest BCUT2D eigenvalue weighted by atomic mass is 10.1. The number of halogens is 1. The lowest BCUT2D eigenvalue weighted by Crippen LogP contribution is -1.80. The summed E-state index contributed by atoms with van der Waals surface area (Å²) >= 11 is 5.17. The molecule has 1 rings (SSSR count). The minimum Gasteiger partial charge on any atom is -0.391 e.